The maximum absolute atomic E-state index is 13.7. The quantitative estimate of drug-likeness (QED) is 0.427. The van der Waals surface area contributed by atoms with Crippen LogP contribution >= 0.6 is 0 Å². The van der Waals surface area contributed by atoms with Gasteiger partial charge >= 0.3 is 6.36 Å². The van der Waals surface area contributed by atoms with Crippen LogP contribution in [-0.4, -0.2) is 18.8 Å². The van der Waals surface area contributed by atoms with Crippen LogP contribution in [-0.2, 0) is 6.42 Å². The monoisotopic (exact) mass is 356 g/mol. The molecule has 0 fully saturated rings. The van der Waals surface area contributed by atoms with Crippen molar-refractivity contribution >= 4 is 12.4 Å². The normalized spacial score (nSPS) is 12.2. The van der Waals surface area contributed by atoms with Gasteiger partial charge in [-0.25, -0.2) is 8.78 Å². The predicted molar refractivity (Wildman–Crippen MR) is 84.0 cm³/mol. The van der Waals surface area contributed by atoms with Gasteiger partial charge in [0.1, 0.15) is 17.4 Å². The molecule has 0 aromatic heterocycles. The van der Waals surface area contributed by atoms with Gasteiger partial charge < -0.3 is 4.74 Å². The lowest BCUT2D eigenvalue weighted by Crippen LogP contribution is -2.16. The fraction of sp³-hybridized carbons (Fsp3) is 0.176. The summed E-state index contributed by atoms with van der Waals surface area (Å²) < 4.78 is 67.3. The molecule has 0 heterocycles. The van der Waals surface area contributed by atoms with Gasteiger partial charge in [-0.05, 0) is 53.9 Å². The summed E-state index contributed by atoms with van der Waals surface area (Å²) in [6, 6.07) is 7.32. The molecule has 0 radical (unpaired) electrons. The van der Waals surface area contributed by atoms with Crippen molar-refractivity contribution < 1.29 is 26.7 Å². The lowest BCUT2D eigenvalue weighted by Gasteiger charge is -2.08. The highest BCUT2D eigenvalue weighted by Crippen LogP contribution is 2.22. The van der Waals surface area contributed by atoms with E-state index < -0.39 is 18.0 Å². The summed E-state index contributed by atoms with van der Waals surface area (Å²) in [5, 5.41) is 7.16. The number of halogens is 5. The maximum atomic E-state index is 13.7. The minimum absolute atomic E-state index is 0.316. The van der Waals surface area contributed by atoms with Gasteiger partial charge in [0.05, 0.1) is 18.0 Å². The summed E-state index contributed by atoms with van der Waals surface area (Å²) in [4.78, 5) is 0. The van der Waals surface area contributed by atoms with E-state index in [0.717, 1.165) is 18.3 Å². The average molecular weight is 356 g/mol. The van der Waals surface area contributed by atoms with Gasteiger partial charge in [0.2, 0.25) is 0 Å². The first-order valence-corrected chi connectivity index (χ1v) is 7.18. The second kappa shape index (κ2) is 7.87. The van der Waals surface area contributed by atoms with E-state index in [9.17, 15) is 22.0 Å². The number of ether oxygens (including phenoxy) is 1. The van der Waals surface area contributed by atoms with Crippen molar-refractivity contribution in [1.29, 1.82) is 0 Å². The smallest absolute Gasteiger partial charge is 0.406 e. The van der Waals surface area contributed by atoms with Crippen LogP contribution in [0.1, 0.15) is 23.6 Å². The third-order valence-electron chi connectivity index (χ3n) is 3.12. The molecule has 0 aliphatic rings. The summed E-state index contributed by atoms with van der Waals surface area (Å²) in [6.45, 7) is 1.78. The van der Waals surface area contributed by atoms with Crippen LogP contribution < -0.4 is 4.74 Å². The lowest BCUT2D eigenvalue weighted by molar-refractivity contribution is -0.274. The van der Waals surface area contributed by atoms with Crippen LogP contribution in [0.15, 0.2) is 46.6 Å². The summed E-state index contributed by atoms with van der Waals surface area (Å²) in [5.41, 5.74) is 0.647. The van der Waals surface area contributed by atoms with Gasteiger partial charge in [0.25, 0.3) is 0 Å². The van der Waals surface area contributed by atoms with Gasteiger partial charge in [0.15, 0.2) is 0 Å². The van der Waals surface area contributed by atoms with Crippen LogP contribution in [0.5, 0.6) is 5.75 Å². The SMILES string of the molecule is CCc1cc(F)c(C=NN=Cc2ccc(OC(F)(F)F)cc2)c(F)c1. The van der Waals surface area contributed by atoms with Crippen molar-refractivity contribution in [3.63, 3.8) is 0 Å². The Morgan fingerprint density at radius 2 is 1.52 bits per heavy atom. The molecule has 3 nitrogen and oxygen atoms in total. The number of hydrogen-bond acceptors (Lipinski definition) is 3. The number of hydrogen-bond donors (Lipinski definition) is 0. The summed E-state index contributed by atoms with van der Waals surface area (Å²) >= 11 is 0. The highest BCUT2D eigenvalue weighted by atomic mass is 19.4. The second-order valence-corrected chi connectivity index (χ2v) is 4.93. The first kappa shape index (κ1) is 18.6. The van der Waals surface area contributed by atoms with E-state index in [-0.39, 0.29) is 11.3 Å². The van der Waals surface area contributed by atoms with E-state index in [1.54, 1.807) is 6.92 Å². The molecule has 0 bridgehead atoms. The Labute approximate surface area is 140 Å². The lowest BCUT2D eigenvalue weighted by atomic mass is 10.1. The largest absolute Gasteiger partial charge is 0.573 e. The summed E-state index contributed by atoms with van der Waals surface area (Å²) in [5.74, 6) is -1.86. The molecule has 2 rings (SSSR count). The van der Waals surface area contributed by atoms with Gasteiger partial charge in [-0.1, -0.05) is 6.92 Å². The van der Waals surface area contributed by atoms with Crippen molar-refractivity contribution in [2.24, 2.45) is 10.2 Å². The predicted octanol–water partition coefficient (Wildman–Crippen LogP) is 4.88. The average Bonchev–Trinajstić information content (AvgIpc) is 2.53. The van der Waals surface area contributed by atoms with Crippen LogP contribution in [0.4, 0.5) is 22.0 Å². The molecular formula is C17H13F5N2O. The van der Waals surface area contributed by atoms with Gasteiger partial charge in [-0.15, -0.1) is 13.2 Å². The molecule has 0 aliphatic carbocycles. The first-order chi connectivity index (χ1) is 11.8. The molecule has 0 N–H and O–H groups in total. The van der Waals surface area contributed by atoms with Crippen molar-refractivity contribution in [2.75, 3.05) is 0 Å². The first-order valence-electron chi connectivity index (χ1n) is 7.18. The Bertz CT molecular complexity index is 760. The molecule has 0 amide bonds. The molecule has 0 atom stereocenters. The van der Waals surface area contributed by atoms with Crippen LogP contribution in [0.25, 0.3) is 0 Å². The number of benzene rings is 2. The van der Waals surface area contributed by atoms with Gasteiger partial charge in [-0.2, -0.15) is 10.2 Å². The molecule has 0 unspecified atom stereocenters. The Balaban J connectivity index is 2.05. The Morgan fingerprint density at radius 3 is 2.04 bits per heavy atom. The molecule has 0 saturated heterocycles. The maximum Gasteiger partial charge on any atom is 0.573 e. The third-order valence-corrected chi connectivity index (χ3v) is 3.12. The van der Waals surface area contributed by atoms with E-state index >= 15 is 0 Å². The molecule has 132 valence electrons. The Morgan fingerprint density at radius 1 is 0.960 bits per heavy atom. The fourth-order valence-corrected chi connectivity index (χ4v) is 1.91. The summed E-state index contributed by atoms with van der Waals surface area (Å²) in [7, 11) is 0. The number of rotatable bonds is 5. The number of nitrogens with zero attached hydrogens (tertiary/aromatic N) is 2. The van der Waals surface area contributed by atoms with Crippen molar-refractivity contribution in [3.8, 4) is 5.75 Å². The van der Waals surface area contributed by atoms with Crippen molar-refractivity contribution in [3.05, 3.63) is 64.7 Å². The minimum Gasteiger partial charge on any atom is -0.406 e. The van der Waals surface area contributed by atoms with E-state index in [0.29, 0.717) is 17.5 Å². The third kappa shape index (κ3) is 5.66. The number of aryl methyl sites for hydroxylation is 1. The molecule has 0 aliphatic heterocycles. The topological polar surface area (TPSA) is 34.0 Å². The minimum atomic E-state index is -4.76. The summed E-state index contributed by atoms with van der Waals surface area (Å²) in [6.07, 6.45) is -2.11. The standard InChI is InChI=1S/C17H13F5N2O/c1-2-11-7-15(18)14(16(19)8-11)10-24-23-9-12-3-5-13(6-4-12)25-17(20,21)22/h3-10H,2H2,1H3. The molecule has 0 saturated carbocycles. The highest BCUT2D eigenvalue weighted by molar-refractivity contribution is 5.83. The molecular weight excluding hydrogens is 343 g/mol. The van der Waals surface area contributed by atoms with Crippen LogP contribution in [0, 0.1) is 11.6 Å². The van der Waals surface area contributed by atoms with Crippen LogP contribution in [0.2, 0.25) is 0 Å². The van der Waals surface area contributed by atoms with Gasteiger partial charge in [0, 0.05) is 0 Å². The van der Waals surface area contributed by atoms with Crippen molar-refractivity contribution in [1.82, 2.24) is 0 Å². The Hall–Kier alpha value is -2.77. The zero-order chi connectivity index (χ0) is 18.4. The number of alkyl halides is 3. The van der Waals surface area contributed by atoms with E-state index in [1.165, 1.54) is 30.5 Å². The molecule has 2 aromatic carbocycles. The van der Waals surface area contributed by atoms with E-state index in [2.05, 4.69) is 14.9 Å². The Kier molecular flexibility index (Phi) is 5.84. The molecule has 8 heteroatoms. The zero-order valence-corrected chi connectivity index (χ0v) is 13.0. The van der Waals surface area contributed by atoms with E-state index in [1.807, 2.05) is 0 Å². The second-order valence-electron chi connectivity index (χ2n) is 4.93. The van der Waals surface area contributed by atoms with Gasteiger partial charge in [-0.3, -0.25) is 0 Å². The fourth-order valence-electron chi connectivity index (χ4n) is 1.91. The van der Waals surface area contributed by atoms with E-state index in [4.69, 9.17) is 0 Å². The molecule has 25 heavy (non-hydrogen) atoms. The van der Waals surface area contributed by atoms with Crippen molar-refractivity contribution in [2.45, 2.75) is 19.7 Å². The highest BCUT2D eigenvalue weighted by Gasteiger charge is 2.30. The zero-order valence-electron chi connectivity index (χ0n) is 13.0. The molecule has 2 aromatic rings. The molecule has 0 spiro atoms. The van der Waals surface area contributed by atoms with Crippen LogP contribution in [0.3, 0.4) is 0 Å².